The normalized spacial score (nSPS) is 19.5. The number of hydrogen-bond donors (Lipinski definition) is 5. The van der Waals surface area contributed by atoms with E-state index in [2.05, 4.69) is 0 Å². The summed E-state index contributed by atoms with van der Waals surface area (Å²) in [7, 11) is 0. The van der Waals surface area contributed by atoms with Gasteiger partial charge in [0.15, 0.2) is 0 Å². The van der Waals surface area contributed by atoms with E-state index in [4.69, 9.17) is 26.2 Å². The van der Waals surface area contributed by atoms with Gasteiger partial charge in [-0.15, -0.1) is 0 Å². The summed E-state index contributed by atoms with van der Waals surface area (Å²) >= 11 is 0. The number of nitrogens with two attached hydrogens (primary N) is 1. The molecule has 0 saturated heterocycles. The van der Waals surface area contributed by atoms with Crippen molar-refractivity contribution >= 4 is 44.0 Å². The molecule has 0 amide bonds. The van der Waals surface area contributed by atoms with Crippen LogP contribution in [0.4, 0.5) is 0 Å². The Morgan fingerprint density at radius 3 is 2.00 bits per heavy atom. The predicted octanol–water partition coefficient (Wildman–Crippen LogP) is -3.79. The second-order valence-corrected chi connectivity index (χ2v) is 2.44. The van der Waals surface area contributed by atoms with Crippen LogP contribution >= 0.6 is 0 Å². The van der Waals surface area contributed by atoms with Gasteiger partial charge in [-0.25, -0.2) is 0 Å². The van der Waals surface area contributed by atoms with Crippen LogP contribution in [0, 0.1) is 0 Å². The number of aldehydes is 1. The van der Waals surface area contributed by atoms with Gasteiger partial charge >= 0.3 is 0 Å². The van der Waals surface area contributed by atoms with Crippen molar-refractivity contribution in [3.8, 4) is 0 Å². The Morgan fingerprint density at radius 2 is 1.69 bits per heavy atom. The number of aliphatic hydroxyl groups excluding tert-OH is 4. The molecule has 0 aliphatic rings. The Bertz CT molecular complexity index is 147. The van der Waals surface area contributed by atoms with E-state index in [1.165, 1.54) is 0 Å². The molecule has 0 aromatic heterocycles. The first kappa shape index (κ1) is 16.2. The zero-order chi connectivity index (χ0) is 9.72. The molecule has 0 spiro atoms. The first-order valence-corrected chi connectivity index (χ1v) is 3.40. The molecule has 0 aliphatic heterocycles. The van der Waals surface area contributed by atoms with Gasteiger partial charge in [-0.3, -0.25) is 0 Å². The summed E-state index contributed by atoms with van der Waals surface area (Å²) in [5, 5.41) is 35.2. The first-order chi connectivity index (χ1) is 5.54. The average Bonchev–Trinajstić information content (AvgIpc) is 2.12. The van der Waals surface area contributed by atoms with Crippen LogP contribution in [0.15, 0.2) is 0 Å². The van der Waals surface area contributed by atoms with Crippen molar-refractivity contribution in [2.45, 2.75) is 24.4 Å². The van der Waals surface area contributed by atoms with Gasteiger partial charge < -0.3 is 31.0 Å². The van der Waals surface area contributed by atoms with Gasteiger partial charge in [-0.2, -0.15) is 0 Å². The zero-order valence-corrected chi connectivity index (χ0v) is 9.28. The molecule has 4 atom stereocenters. The van der Waals surface area contributed by atoms with Gasteiger partial charge in [0.2, 0.25) is 0 Å². The molecule has 0 heterocycles. The molecule has 0 rings (SSSR count). The Morgan fingerprint density at radius 1 is 1.23 bits per heavy atom. The summed E-state index contributed by atoms with van der Waals surface area (Å²) in [5.74, 6) is 0. The molecular formula is C6H13CaNO5. The van der Waals surface area contributed by atoms with Crippen LogP contribution in [0.5, 0.6) is 0 Å². The van der Waals surface area contributed by atoms with Gasteiger partial charge in [0.1, 0.15) is 24.6 Å². The molecule has 13 heavy (non-hydrogen) atoms. The SMILES string of the molecule is N[C@@H](C=O)[C@@H](O)[C@H](O)[C@H](O)CO.[Ca]. The molecule has 7 heteroatoms. The van der Waals surface area contributed by atoms with E-state index < -0.39 is 31.0 Å². The van der Waals surface area contributed by atoms with Crippen molar-refractivity contribution in [2.24, 2.45) is 5.73 Å². The molecule has 6 N–H and O–H groups in total. The summed E-state index contributed by atoms with van der Waals surface area (Å²) in [6, 6.07) is -1.26. The van der Waals surface area contributed by atoms with Crippen LogP contribution in [0.3, 0.4) is 0 Å². The molecule has 0 saturated carbocycles. The van der Waals surface area contributed by atoms with E-state index >= 15 is 0 Å². The van der Waals surface area contributed by atoms with Crippen molar-refractivity contribution in [3.63, 3.8) is 0 Å². The third-order valence-corrected chi connectivity index (χ3v) is 1.48. The predicted molar refractivity (Wildman–Crippen MR) is 44.9 cm³/mol. The molecule has 0 aliphatic carbocycles. The van der Waals surface area contributed by atoms with Crippen molar-refractivity contribution in [3.05, 3.63) is 0 Å². The zero-order valence-electron chi connectivity index (χ0n) is 7.08. The van der Waals surface area contributed by atoms with E-state index in [1.54, 1.807) is 0 Å². The fraction of sp³-hybridized carbons (Fsp3) is 0.833. The van der Waals surface area contributed by atoms with Crippen LogP contribution < -0.4 is 5.73 Å². The summed E-state index contributed by atoms with van der Waals surface area (Å²) in [6.45, 7) is -0.705. The molecular weight excluding hydrogens is 206 g/mol. The largest absolute Gasteiger partial charge is 0.394 e. The van der Waals surface area contributed by atoms with E-state index in [-0.39, 0.29) is 44.0 Å². The van der Waals surface area contributed by atoms with Crippen molar-refractivity contribution in [1.82, 2.24) is 0 Å². The van der Waals surface area contributed by atoms with E-state index in [9.17, 15) is 4.79 Å². The minimum atomic E-state index is -1.62. The minimum Gasteiger partial charge on any atom is -0.394 e. The van der Waals surface area contributed by atoms with E-state index in [0.717, 1.165) is 0 Å². The standard InChI is InChI=1S/C6H13NO5.Ca/c7-3(1-8)5(11)6(12)4(10)2-9;/h1,3-6,9-12H,2,7H2;/t3-,4+,5+,6+;/m0./s1. The molecule has 0 fully saturated rings. The number of aliphatic hydroxyl groups is 4. The van der Waals surface area contributed by atoms with Crippen molar-refractivity contribution in [2.75, 3.05) is 6.61 Å². The maximum Gasteiger partial charge on any atom is 0.139 e. The first-order valence-electron chi connectivity index (χ1n) is 3.40. The van der Waals surface area contributed by atoms with Gasteiger partial charge in [0.05, 0.1) is 12.6 Å². The van der Waals surface area contributed by atoms with E-state index in [1.807, 2.05) is 0 Å². The molecule has 0 aromatic carbocycles. The number of carbonyl (C=O) groups is 1. The molecule has 2 radical (unpaired) electrons. The fourth-order valence-electron chi connectivity index (χ4n) is 0.644. The van der Waals surface area contributed by atoms with Gasteiger partial charge in [0, 0.05) is 37.7 Å². The van der Waals surface area contributed by atoms with Crippen molar-refractivity contribution in [1.29, 1.82) is 0 Å². The van der Waals surface area contributed by atoms with Crippen LogP contribution in [-0.4, -0.2) is 95.4 Å². The van der Waals surface area contributed by atoms with Crippen LogP contribution in [0.2, 0.25) is 0 Å². The second kappa shape index (κ2) is 8.07. The summed E-state index contributed by atoms with van der Waals surface area (Å²) in [4.78, 5) is 10.0. The third kappa shape index (κ3) is 5.24. The number of rotatable bonds is 5. The quantitative estimate of drug-likeness (QED) is 0.239. The summed E-state index contributed by atoms with van der Waals surface area (Å²) in [5.41, 5.74) is 5.04. The van der Waals surface area contributed by atoms with Gasteiger partial charge in [-0.05, 0) is 0 Å². The molecule has 0 aromatic rings. The summed E-state index contributed by atoms with van der Waals surface area (Å²) in [6.07, 6.45) is -4.43. The molecule has 0 bridgehead atoms. The maximum atomic E-state index is 10.0. The fourth-order valence-corrected chi connectivity index (χ4v) is 0.644. The molecule has 6 nitrogen and oxygen atoms in total. The van der Waals surface area contributed by atoms with Crippen LogP contribution in [0.25, 0.3) is 0 Å². The molecule has 0 unspecified atom stereocenters. The average molecular weight is 219 g/mol. The Hall–Kier alpha value is 0.730. The molecule has 74 valence electrons. The van der Waals surface area contributed by atoms with Gasteiger partial charge in [-0.1, -0.05) is 0 Å². The second-order valence-electron chi connectivity index (χ2n) is 2.44. The van der Waals surface area contributed by atoms with Crippen LogP contribution in [-0.2, 0) is 4.79 Å². The number of hydrogen-bond acceptors (Lipinski definition) is 6. The van der Waals surface area contributed by atoms with E-state index in [0.29, 0.717) is 0 Å². The minimum absolute atomic E-state index is 0. The monoisotopic (exact) mass is 219 g/mol. The van der Waals surface area contributed by atoms with Gasteiger partial charge in [0.25, 0.3) is 0 Å². The topological polar surface area (TPSA) is 124 Å². The Labute approximate surface area is 105 Å². The summed E-state index contributed by atoms with van der Waals surface area (Å²) < 4.78 is 0. The Balaban J connectivity index is 0. The Kier molecular flexibility index (Phi) is 10.0. The smallest absolute Gasteiger partial charge is 0.139 e. The number of carbonyl (C=O) groups excluding carboxylic acids is 1. The van der Waals surface area contributed by atoms with Crippen LogP contribution in [0.1, 0.15) is 0 Å². The third-order valence-electron chi connectivity index (χ3n) is 1.48. The maximum absolute atomic E-state index is 10.0. The van der Waals surface area contributed by atoms with Crippen molar-refractivity contribution < 1.29 is 25.2 Å².